The Morgan fingerprint density at radius 2 is 1.72 bits per heavy atom. The lowest BCUT2D eigenvalue weighted by atomic mass is 10.0. The number of carbonyl (C=O) groups excluding carboxylic acids is 1. The normalized spacial score (nSPS) is 18.7. The third kappa shape index (κ3) is 5.16. The van der Waals surface area contributed by atoms with Crippen LogP contribution < -0.4 is 5.32 Å². The number of ether oxygens (including phenoxy) is 1. The van der Waals surface area contributed by atoms with E-state index in [0.29, 0.717) is 42.8 Å². The topological polar surface area (TPSA) is 80.5 Å². The third-order valence-electron chi connectivity index (χ3n) is 5.59. The van der Waals surface area contributed by atoms with Crippen LogP contribution in [0.1, 0.15) is 55.4 Å². The Morgan fingerprint density at radius 1 is 1.06 bits per heavy atom. The van der Waals surface area contributed by atoms with Crippen molar-refractivity contribution in [2.24, 2.45) is 0 Å². The molecule has 2 unspecified atom stereocenters. The monoisotopic (exact) mass is 434 g/mol. The average molecular weight is 435 g/mol. The van der Waals surface area contributed by atoms with Gasteiger partial charge in [0, 0.05) is 29.9 Å². The predicted octanol–water partition coefficient (Wildman–Crippen LogP) is 4.72. The number of anilines is 1. The van der Waals surface area contributed by atoms with Crippen molar-refractivity contribution in [2.75, 3.05) is 18.4 Å². The van der Waals surface area contributed by atoms with Crippen LogP contribution in [0.4, 0.5) is 5.69 Å². The largest absolute Gasteiger partial charge is 0.376 e. The van der Waals surface area contributed by atoms with Crippen molar-refractivity contribution < 1.29 is 14.1 Å². The molecular formula is C25H30N4O3. The molecule has 1 aliphatic heterocycles. The molecular weight excluding hydrogens is 404 g/mol. The number of benzene rings is 2. The van der Waals surface area contributed by atoms with Gasteiger partial charge in [-0.2, -0.15) is 4.98 Å². The molecule has 1 saturated heterocycles. The lowest BCUT2D eigenvalue weighted by molar-refractivity contribution is -0.0586. The fourth-order valence-electron chi connectivity index (χ4n) is 3.90. The van der Waals surface area contributed by atoms with Gasteiger partial charge in [0.2, 0.25) is 11.7 Å². The first kappa shape index (κ1) is 22.0. The maximum atomic E-state index is 12.8. The molecule has 32 heavy (non-hydrogen) atoms. The van der Waals surface area contributed by atoms with E-state index in [1.54, 1.807) is 0 Å². The van der Waals surface area contributed by atoms with Gasteiger partial charge >= 0.3 is 0 Å². The van der Waals surface area contributed by atoms with Gasteiger partial charge in [0.25, 0.3) is 5.91 Å². The highest BCUT2D eigenvalue weighted by molar-refractivity contribution is 5.94. The Balaban J connectivity index is 1.34. The van der Waals surface area contributed by atoms with Gasteiger partial charge in [-0.25, -0.2) is 0 Å². The lowest BCUT2D eigenvalue weighted by Gasteiger charge is -2.35. The van der Waals surface area contributed by atoms with Crippen LogP contribution in [-0.2, 0) is 11.3 Å². The van der Waals surface area contributed by atoms with E-state index >= 15 is 0 Å². The zero-order valence-corrected chi connectivity index (χ0v) is 19.0. The second-order valence-corrected chi connectivity index (χ2v) is 8.69. The van der Waals surface area contributed by atoms with Crippen LogP contribution >= 0.6 is 0 Å². The number of morpholine rings is 1. The lowest BCUT2D eigenvalue weighted by Crippen LogP contribution is -2.48. The molecule has 4 rings (SSSR count). The van der Waals surface area contributed by atoms with E-state index in [1.165, 1.54) is 5.56 Å². The molecule has 0 spiro atoms. The number of nitrogens with one attached hydrogen (secondary N) is 1. The molecule has 1 amide bonds. The first-order valence-electron chi connectivity index (χ1n) is 11.1. The fourth-order valence-corrected chi connectivity index (χ4v) is 3.90. The summed E-state index contributed by atoms with van der Waals surface area (Å²) in [7, 11) is 0. The molecule has 0 saturated carbocycles. The molecule has 2 aromatic carbocycles. The summed E-state index contributed by atoms with van der Waals surface area (Å²) in [5.74, 6) is 1.59. The highest BCUT2D eigenvalue weighted by Gasteiger charge is 2.26. The van der Waals surface area contributed by atoms with E-state index in [-0.39, 0.29) is 18.1 Å². The van der Waals surface area contributed by atoms with Crippen molar-refractivity contribution in [1.29, 1.82) is 0 Å². The SMILES string of the molecule is CC1CN(C(=O)c2ccc(NCc3nc(-c4ccc(C(C)C)cc4)no3)cc2)CC(C)O1. The minimum Gasteiger partial charge on any atom is -0.376 e. The zero-order chi connectivity index (χ0) is 22.7. The number of hydrogen-bond acceptors (Lipinski definition) is 6. The number of nitrogens with zero attached hydrogens (tertiary/aromatic N) is 3. The van der Waals surface area contributed by atoms with Crippen LogP contribution in [0.3, 0.4) is 0 Å². The van der Waals surface area contributed by atoms with E-state index in [4.69, 9.17) is 9.26 Å². The molecule has 7 heteroatoms. The van der Waals surface area contributed by atoms with Crippen molar-refractivity contribution in [2.45, 2.75) is 52.4 Å². The summed E-state index contributed by atoms with van der Waals surface area (Å²) in [6, 6.07) is 15.7. The van der Waals surface area contributed by atoms with Crippen molar-refractivity contribution in [1.82, 2.24) is 15.0 Å². The molecule has 0 bridgehead atoms. The van der Waals surface area contributed by atoms with Gasteiger partial charge in [0.05, 0.1) is 18.8 Å². The minimum atomic E-state index is 0.0311. The van der Waals surface area contributed by atoms with E-state index in [1.807, 2.05) is 55.1 Å². The fraction of sp³-hybridized carbons (Fsp3) is 0.400. The molecule has 3 aromatic rings. The smallest absolute Gasteiger partial charge is 0.254 e. The molecule has 1 fully saturated rings. The summed E-state index contributed by atoms with van der Waals surface area (Å²) in [6.45, 7) is 9.95. The summed E-state index contributed by atoms with van der Waals surface area (Å²) in [6.07, 6.45) is 0.104. The number of hydrogen-bond donors (Lipinski definition) is 1. The molecule has 0 radical (unpaired) electrons. The second-order valence-electron chi connectivity index (χ2n) is 8.69. The summed E-state index contributed by atoms with van der Waals surface area (Å²) in [5, 5.41) is 7.36. The van der Waals surface area contributed by atoms with Gasteiger partial charge in [0.1, 0.15) is 0 Å². The molecule has 1 N–H and O–H groups in total. The number of rotatable bonds is 6. The first-order valence-corrected chi connectivity index (χ1v) is 11.1. The van der Waals surface area contributed by atoms with Crippen LogP contribution in [0.15, 0.2) is 53.1 Å². The Labute approximate surface area is 188 Å². The van der Waals surface area contributed by atoms with E-state index in [2.05, 4.69) is 41.4 Å². The standard InChI is InChI=1S/C25H30N4O3/c1-16(2)19-5-7-20(8-6-19)24-27-23(32-28-24)13-26-22-11-9-21(10-12-22)25(30)29-14-17(3)31-18(4)15-29/h5-12,16-18,26H,13-15H2,1-4H3. The Hall–Kier alpha value is -3.19. The highest BCUT2D eigenvalue weighted by atomic mass is 16.5. The highest BCUT2D eigenvalue weighted by Crippen LogP contribution is 2.21. The van der Waals surface area contributed by atoms with E-state index in [0.717, 1.165) is 11.3 Å². The van der Waals surface area contributed by atoms with Gasteiger partial charge in [-0.1, -0.05) is 43.3 Å². The average Bonchev–Trinajstić information content (AvgIpc) is 3.26. The van der Waals surface area contributed by atoms with Crippen LogP contribution in [-0.4, -0.2) is 46.2 Å². The first-order chi connectivity index (χ1) is 15.4. The molecule has 2 atom stereocenters. The Morgan fingerprint density at radius 3 is 2.34 bits per heavy atom. The maximum Gasteiger partial charge on any atom is 0.254 e. The van der Waals surface area contributed by atoms with E-state index < -0.39 is 0 Å². The number of aromatic nitrogens is 2. The molecule has 0 aliphatic carbocycles. The number of carbonyl (C=O) groups is 1. The Kier molecular flexibility index (Phi) is 6.55. The van der Waals surface area contributed by atoms with Crippen molar-refractivity contribution in [3.05, 3.63) is 65.5 Å². The van der Waals surface area contributed by atoms with Gasteiger partial charge in [-0.15, -0.1) is 0 Å². The van der Waals surface area contributed by atoms with Gasteiger partial charge in [-0.05, 0) is 49.6 Å². The molecule has 1 aliphatic rings. The van der Waals surface area contributed by atoms with Gasteiger partial charge in [-0.3, -0.25) is 4.79 Å². The molecule has 168 valence electrons. The summed E-state index contributed by atoms with van der Waals surface area (Å²) in [5.41, 5.74) is 3.76. The molecule has 7 nitrogen and oxygen atoms in total. The summed E-state index contributed by atoms with van der Waals surface area (Å²) in [4.78, 5) is 19.1. The predicted molar refractivity (Wildman–Crippen MR) is 124 cm³/mol. The van der Waals surface area contributed by atoms with Crippen LogP contribution in [0.2, 0.25) is 0 Å². The van der Waals surface area contributed by atoms with Crippen LogP contribution in [0.25, 0.3) is 11.4 Å². The van der Waals surface area contributed by atoms with E-state index in [9.17, 15) is 4.79 Å². The van der Waals surface area contributed by atoms with Gasteiger partial charge in [0.15, 0.2) is 0 Å². The number of amides is 1. The van der Waals surface area contributed by atoms with Crippen molar-refractivity contribution >= 4 is 11.6 Å². The van der Waals surface area contributed by atoms with Crippen LogP contribution in [0.5, 0.6) is 0 Å². The minimum absolute atomic E-state index is 0.0311. The quantitative estimate of drug-likeness (QED) is 0.605. The summed E-state index contributed by atoms with van der Waals surface area (Å²) >= 11 is 0. The maximum absolute atomic E-state index is 12.8. The van der Waals surface area contributed by atoms with Crippen LogP contribution in [0, 0.1) is 0 Å². The van der Waals surface area contributed by atoms with Crippen molar-refractivity contribution in [3.8, 4) is 11.4 Å². The zero-order valence-electron chi connectivity index (χ0n) is 19.0. The second kappa shape index (κ2) is 9.53. The third-order valence-corrected chi connectivity index (χ3v) is 5.59. The molecule has 2 heterocycles. The Bertz CT molecular complexity index is 1030. The molecule has 1 aromatic heterocycles. The van der Waals surface area contributed by atoms with Gasteiger partial charge < -0.3 is 19.5 Å². The summed E-state index contributed by atoms with van der Waals surface area (Å²) < 4.78 is 11.1. The van der Waals surface area contributed by atoms with Crippen molar-refractivity contribution in [3.63, 3.8) is 0 Å².